The number of aliphatic hydroxyl groups excluding tert-OH is 1. The number of carbonyl (C=O) groups is 1. The third-order valence-corrected chi connectivity index (χ3v) is 6.94. The van der Waals surface area contributed by atoms with Gasteiger partial charge in [0.05, 0.1) is 52.7 Å². The van der Waals surface area contributed by atoms with Crippen molar-refractivity contribution >= 4 is 17.6 Å². The van der Waals surface area contributed by atoms with Gasteiger partial charge in [-0.05, 0) is 35.1 Å². The lowest BCUT2D eigenvalue weighted by molar-refractivity contribution is -0.144. The first kappa shape index (κ1) is 29.3. The van der Waals surface area contributed by atoms with Crippen LogP contribution >= 0.6 is 11.6 Å². The Morgan fingerprint density at radius 1 is 0.846 bits per heavy atom. The van der Waals surface area contributed by atoms with Crippen molar-refractivity contribution in [3.8, 4) is 22.3 Å². The maximum absolute atomic E-state index is 13.0. The van der Waals surface area contributed by atoms with E-state index in [0.29, 0.717) is 44.7 Å². The molecule has 1 N–H and O–H groups in total. The molecule has 8 heteroatoms. The summed E-state index contributed by atoms with van der Waals surface area (Å²) in [6.07, 6.45) is 1.10. The fraction of sp³-hybridized carbons (Fsp3) is 0.452. The summed E-state index contributed by atoms with van der Waals surface area (Å²) in [5.41, 5.74) is 6.73. The minimum Gasteiger partial charge on any atom is -0.463 e. The number of halogens is 1. The number of hydrogen-bond acceptors (Lipinski definition) is 6. The number of ether oxygens (including phenoxy) is 4. The van der Waals surface area contributed by atoms with Gasteiger partial charge in [-0.1, -0.05) is 67.9 Å². The van der Waals surface area contributed by atoms with Gasteiger partial charge in [0.15, 0.2) is 0 Å². The van der Waals surface area contributed by atoms with Gasteiger partial charge in [0.1, 0.15) is 6.61 Å². The third-order valence-electron chi connectivity index (χ3n) is 6.69. The van der Waals surface area contributed by atoms with Crippen molar-refractivity contribution in [2.45, 2.75) is 33.2 Å². The lowest BCUT2D eigenvalue weighted by Crippen LogP contribution is -2.18. The molecule has 7 nitrogen and oxygen atoms in total. The summed E-state index contributed by atoms with van der Waals surface area (Å²) >= 11 is 6.22. The van der Waals surface area contributed by atoms with Crippen LogP contribution in [-0.4, -0.2) is 68.5 Å². The number of rotatable bonds is 15. The highest BCUT2D eigenvalue weighted by Gasteiger charge is 2.36. The van der Waals surface area contributed by atoms with Crippen molar-refractivity contribution in [2.75, 3.05) is 52.9 Å². The predicted molar refractivity (Wildman–Crippen MR) is 152 cm³/mol. The molecule has 1 aliphatic heterocycles. The number of aromatic nitrogens is 1. The maximum Gasteiger partial charge on any atom is 0.311 e. The van der Waals surface area contributed by atoms with E-state index >= 15 is 0 Å². The number of fused-ring (bicyclic) bond motifs is 1. The normalized spacial score (nSPS) is 13.9. The number of aliphatic hydroxyl groups is 1. The number of esters is 1. The van der Waals surface area contributed by atoms with Crippen molar-refractivity contribution in [3.05, 3.63) is 71.0 Å². The van der Waals surface area contributed by atoms with Gasteiger partial charge in [0.2, 0.25) is 0 Å². The quantitative estimate of drug-likeness (QED) is 0.205. The van der Waals surface area contributed by atoms with Gasteiger partial charge in [0, 0.05) is 34.1 Å². The minimum atomic E-state index is -0.282. The van der Waals surface area contributed by atoms with E-state index in [9.17, 15) is 4.79 Å². The molecule has 0 atom stereocenters. The van der Waals surface area contributed by atoms with Gasteiger partial charge >= 0.3 is 5.97 Å². The monoisotopic (exact) mass is 555 g/mol. The van der Waals surface area contributed by atoms with Gasteiger partial charge in [-0.2, -0.15) is 0 Å². The molecule has 0 amide bonds. The molecule has 1 aliphatic rings. The highest BCUT2D eigenvalue weighted by atomic mass is 35.5. The summed E-state index contributed by atoms with van der Waals surface area (Å²) in [5.74, 6) is -0.282. The van der Waals surface area contributed by atoms with Crippen LogP contribution in [0, 0.1) is 5.41 Å². The van der Waals surface area contributed by atoms with Crippen molar-refractivity contribution < 1.29 is 28.8 Å². The van der Waals surface area contributed by atoms with Crippen LogP contribution in [0.15, 0.2) is 54.6 Å². The first-order valence-corrected chi connectivity index (χ1v) is 13.8. The zero-order valence-electron chi connectivity index (χ0n) is 22.8. The molecule has 0 radical (unpaired) electrons. The number of benzene rings is 2. The lowest BCUT2D eigenvalue weighted by Gasteiger charge is -2.19. The summed E-state index contributed by atoms with van der Waals surface area (Å²) in [7, 11) is 0. The molecule has 4 rings (SSSR count). The fourth-order valence-electron chi connectivity index (χ4n) is 5.07. The van der Waals surface area contributed by atoms with Crippen molar-refractivity contribution in [1.82, 2.24) is 4.57 Å². The molecule has 39 heavy (non-hydrogen) atoms. The van der Waals surface area contributed by atoms with Gasteiger partial charge in [-0.25, -0.2) is 0 Å². The molecule has 0 bridgehead atoms. The van der Waals surface area contributed by atoms with Crippen LogP contribution in [0.2, 0.25) is 5.02 Å². The van der Waals surface area contributed by atoms with Crippen LogP contribution in [0.4, 0.5) is 0 Å². The molecule has 0 spiro atoms. The molecule has 0 unspecified atom stereocenters. The molecule has 3 aromatic rings. The smallest absolute Gasteiger partial charge is 0.311 e. The summed E-state index contributed by atoms with van der Waals surface area (Å²) < 4.78 is 24.0. The Morgan fingerprint density at radius 3 is 2.08 bits per heavy atom. The second kappa shape index (κ2) is 14.1. The van der Waals surface area contributed by atoms with E-state index in [2.05, 4.69) is 42.7 Å². The van der Waals surface area contributed by atoms with Gasteiger partial charge in [-0.3, -0.25) is 4.79 Å². The molecule has 0 fully saturated rings. The van der Waals surface area contributed by atoms with Crippen LogP contribution in [0.1, 0.15) is 25.2 Å². The van der Waals surface area contributed by atoms with E-state index < -0.39 is 0 Å². The Balaban J connectivity index is 1.44. The second-order valence-electron chi connectivity index (χ2n) is 10.4. The lowest BCUT2D eigenvalue weighted by atomic mass is 9.86. The van der Waals surface area contributed by atoms with Gasteiger partial charge < -0.3 is 28.6 Å². The SMILES string of the molecule is CC1(C)Cc2c(-c3ccccc3)c(-c3ccc(Cl)cc3)c(CC(=O)OCCOCCOCCOCCO)n2C1. The highest BCUT2D eigenvalue weighted by molar-refractivity contribution is 6.30. The van der Waals surface area contributed by atoms with E-state index in [-0.39, 0.29) is 31.0 Å². The highest BCUT2D eigenvalue weighted by Crippen LogP contribution is 2.47. The Hall–Kier alpha value is -2.68. The molecule has 2 heterocycles. The second-order valence-corrected chi connectivity index (χ2v) is 10.8. The third kappa shape index (κ3) is 7.93. The van der Waals surface area contributed by atoms with Crippen LogP contribution in [0.3, 0.4) is 0 Å². The van der Waals surface area contributed by atoms with Crippen LogP contribution in [-0.2, 0) is 43.1 Å². The summed E-state index contributed by atoms with van der Waals surface area (Å²) in [5, 5.41) is 9.34. The van der Waals surface area contributed by atoms with Crippen LogP contribution in [0.5, 0.6) is 0 Å². The molecular weight excluding hydrogens is 518 g/mol. The Kier molecular flexibility index (Phi) is 10.6. The first-order chi connectivity index (χ1) is 18.9. The minimum absolute atomic E-state index is 0.00341. The molecule has 0 saturated heterocycles. The van der Waals surface area contributed by atoms with E-state index in [1.165, 1.54) is 11.3 Å². The molecule has 2 aromatic carbocycles. The van der Waals surface area contributed by atoms with Crippen molar-refractivity contribution in [1.29, 1.82) is 0 Å². The Bertz CT molecular complexity index is 1210. The standard InChI is InChI=1S/C31H38ClNO6/c1-31(2)21-27-30(23-6-4-3-5-7-23)29(24-8-10-25(32)11-9-24)26(33(27)22-31)20-28(35)39-19-18-38-17-16-37-15-14-36-13-12-34/h3-11,34H,12-22H2,1-2H3. The molecular formula is C31H38ClNO6. The van der Waals surface area contributed by atoms with E-state index in [0.717, 1.165) is 35.3 Å². The number of nitrogens with zero attached hydrogens (tertiary/aromatic N) is 1. The predicted octanol–water partition coefficient (Wildman–Crippen LogP) is 5.19. The zero-order valence-corrected chi connectivity index (χ0v) is 23.5. The topological polar surface area (TPSA) is 79.2 Å². The van der Waals surface area contributed by atoms with Gasteiger partial charge in [-0.15, -0.1) is 0 Å². The number of hydrogen-bond donors (Lipinski definition) is 1. The Labute approximate surface area is 235 Å². The van der Waals surface area contributed by atoms with E-state index in [4.69, 9.17) is 35.7 Å². The van der Waals surface area contributed by atoms with E-state index in [1.807, 2.05) is 30.3 Å². The molecule has 0 saturated carbocycles. The van der Waals surface area contributed by atoms with Crippen molar-refractivity contribution in [3.63, 3.8) is 0 Å². The summed E-state index contributed by atoms with van der Waals surface area (Å²) in [6, 6.07) is 18.2. The Morgan fingerprint density at radius 2 is 1.44 bits per heavy atom. The fourth-order valence-corrected chi connectivity index (χ4v) is 5.20. The van der Waals surface area contributed by atoms with Crippen LogP contribution < -0.4 is 0 Å². The maximum atomic E-state index is 13.0. The van der Waals surface area contributed by atoms with Gasteiger partial charge in [0.25, 0.3) is 0 Å². The summed E-state index contributed by atoms with van der Waals surface area (Å²) in [6.45, 7) is 7.87. The van der Waals surface area contributed by atoms with Crippen molar-refractivity contribution in [2.24, 2.45) is 5.41 Å². The zero-order chi connectivity index (χ0) is 27.7. The average molecular weight is 556 g/mol. The van der Waals surface area contributed by atoms with E-state index in [1.54, 1.807) is 0 Å². The molecule has 210 valence electrons. The average Bonchev–Trinajstić information content (AvgIpc) is 3.38. The largest absolute Gasteiger partial charge is 0.463 e. The van der Waals surface area contributed by atoms with Crippen LogP contribution in [0.25, 0.3) is 22.3 Å². The first-order valence-electron chi connectivity index (χ1n) is 13.4. The summed E-state index contributed by atoms with van der Waals surface area (Å²) in [4.78, 5) is 13.0. The molecule has 1 aromatic heterocycles. The number of carbonyl (C=O) groups excluding carboxylic acids is 1. The molecule has 0 aliphatic carbocycles.